The Hall–Kier alpha value is -4.02. The average molecular weight is 1390 g/mol. The molecule has 0 saturated heterocycles. The van der Waals surface area contributed by atoms with E-state index in [0.717, 1.165) is 141 Å². The molecule has 0 aromatic carbocycles. The number of hydrogen-bond donors (Lipinski definition) is 3. The molecule has 0 fully saturated rings. The fourth-order valence-electron chi connectivity index (χ4n) is 9.80. The zero-order valence-electron chi connectivity index (χ0n) is 60.3. The fraction of sp³-hybridized carbons (Fsp3) is 0.740. The molecule has 96 heavy (non-hydrogen) atoms. The molecule has 17 nitrogen and oxygen atoms in total. The van der Waals surface area contributed by atoms with Gasteiger partial charge in [-0.25, -0.2) is 9.13 Å². The van der Waals surface area contributed by atoms with E-state index in [1.807, 2.05) is 12.2 Å². The van der Waals surface area contributed by atoms with Crippen LogP contribution in [0.1, 0.15) is 310 Å². The largest absolute Gasteiger partial charge is 0.472 e. The van der Waals surface area contributed by atoms with Crippen molar-refractivity contribution in [2.75, 3.05) is 39.6 Å². The highest BCUT2D eigenvalue weighted by Gasteiger charge is 2.30. The first kappa shape index (κ1) is 92.0. The lowest BCUT2D eigenvalue weighted by molar-refractivity contribution is -0.161. The molecule has 0 aliphatic rings. The zero-order chi connectivity index (χ0) is 70.4. The van der Waals surface area contributed by atoms with Crippen molar-refractivity contribution < 1.29 is 80.2 Å². The predicted octanol–water partition coefficient (Wildman–Crippen LogP) is 21.2. The van der Waals surface area contributed by atoms with Gasteiger partial charge in [0.05, 0.1) is 26.4 Å². The molecule has 0 rings (SSSR count). The second kappa shape index (κ2) is 69.5. The monoisotopic (exact) mass is 1390 g/mol. The first-order valence-corrected chi connectivity index (χ1v) is 40.5. The molecular formula is C77H134O17P2. The number of ether oxygens (including phenoxy) is 4. The highest BCUT2D eigenvalue weighted by atomic mass is 31.2. The lowest BCUT2D eigenvalue weighted by atomic mass is 10.0. The number of esters is 4. The minimum Gasteiger partial charge on any atom is -0.462 e. The van der Waals surface area contributed by atoms with Crippen molar-refractivity contribution in [3.8, 4) is 0 Å². The van der Waals surface area contributed by atoms with Crippen LogP contribution >= 0.6 is 15.6 Å². The molecule has 0 radical (unpaired) electrons. The summed E-state index contributed by atoms with van der Waals surface area (Å²) < 4.78 is 68.3. The highest BCUT2D eigenvalue weighted by Crippen LogP contribution is 2.45. The predicted molar refractivity (Wildman–Crippen MR) is 390 cm³/mol. The maximum atomic E-state index is 13.1. The van der Waals surface area contributed by atoms with E-state index in [0.29, 0.717) is 32.1 Å². The van der Waals surface area contributed by atoms with Gasteiger partial charge in [0.15, 0.2) is 12.2 Å². The smallest absolute Gasteiger partial charge is 0.462 e. The van der Waals surface area contributed by atoms with E-state index in [1.165, 1.54) is 83.5 Å². The second-order valence-corrected chi connectivity index (χ2v) is 27.8. The average Bonchev–Trinajstić information content (AvgIpc) is 1.13. The minimum absolute atomic E-state index is 0.0719. The van der Waals surface area contributed by atoms with Crippen molar-refractivity contribution in [1.82, 2.24) is 0 Å². The van der Waals surface area contributed by atoms with Gasteiger partial charge in [0.25, 0.3) is 0 Å². The van der Waals surface area contributed by atoms with Crippen LogP contribution in [0, 0.1) is 0 Å². The van der Waals surface area contributed by atoms with Gasteiger partial charge in [0.1, 0.15) is 19.3 Å². The molecule has 0 saturated carbocycles. The molecule has 19 heteroatoms. The van der Waals surface area contributed by atoms with Crippen LogP contribution in [0.2, 0.25) is 0 Å². The molecule has 0 aliphatic heterocycles. The Morgan fingerprint density at radius 2 is 0.562 bits per heavy atom. The molecule has 0 amide bonds. The Kier molecular flexibility index (Phi) is 66.6. The molecule has 0 aromatic heterocycles. The van der Waals surface area contributed by atoms with Crippen molar-refractivity contribution in [3.05, 3.63) is 97.2 Å². The van der Waals surface area contributed by atoms with Crippen LogP contribution in [0.4, 0.5) is 0 Å². The number of carbonyl (C=O) groups is 4. The van der Waals surface area contributed by atoms with Gasteiger partial charge in [0, 0.05) is 25.7 Å². The summed E-state index contributed by atoms with van der Waals surface area (Å²) in [7, 11) is -9.96. The molecule has 0 aliphatic carbocycles. The second-order valence-electron chi connectivity index (χ2n) is 24.9. The lowest BCUT2D eigenvalue weighted by Crippen LogP contribution is -2.30. The summed E-state index contributed by atoms with van der Waals surface area (Å²) in [6, 6.07) is 0. The summed E-state index contributed by atoms with van der Waals surface area (Å²) in [5.41, 5.74) is 0. The van der Waals surface area contributed by atoms with E-state index < -0.39 is 97.5 Å². The Balaban J connectivity index is 5.36. The molecule has 5 unspecified atom stereocenters. The molecule has 0 aromatic rings. The number of unbranched alkanes of at least 4 members (excludes halogenated alkanes) is 28. The van der Waals surface area contributed by atoms with Crippen LogP contribution in [-0.2, 0) is 65.4 Å². The first-order chi connectivity index (χ1) is 46.7. The SMILES string of the molecule is CC/C=C\C/C=C\C/C=C\C/C=C\C/C=C\CCCC(=O)OCC(COP(=O)(O)OCC(O)COP(=O)(O)OCC(COC(=O)CCCCCCC/C=C\C/C=C\CCCCC)OC(=O)CCCCCCCCCCCCCCC)OC(=O)CCCCCCC/C=C\CCCC. The normalized spacial score (nSPS) is 14.5. The van der Waals surface area contributed by atoms with E-state index in [9.17, 15) is 43.2 Å². The fourth-order valence-corrected chi connectivity index (χ4v) is 11.4. The number of phosphoric acid groups is 2. The standard InChI is InChI=1S/C77H134O17P2/c1-5-9-13-17-21-25-29-32-34-35-37-40-43-46-50-54-58-62-75(80)87-67-72(93-76(81)63-59-55-51-47-41-28-24-20-16-12-8-4)69-91-95(83,84)89-65-71(78)66-90-96(85,86)92-70-73(94-77(82)64-60-56-52-48-44-38-31-27-23-19-15-11-7-3)68-88-74(79)61-57-53-49-45-42-39-36-33-30-26-22-18-14-10-6-2/h9,13,20-22,24-26,32-34,36-37,40,46,50,71-73,78H,5-8,10-12,14-19,23,27-31,35,38-39,41-45,47-49,51-70H2,1-4H3,(H,83,84)(H,85,86)/b13-9-,24-20-,25-21-,26-22-,34-32-,36-33-,40-37-,50-46-. The van der Waals surface area contributed by atoms with Crippen molar-refractivity contribution >= 4 is 39.5 Å². The molecule has 5 atom stereocenters. The van der Waals surface area contributed by atoms with Crippen LogP contribution in [0.25, 0.3) is 0 Å². The number of aliphatic hydroxyl groups excluding tert-OH is 1. The van der Waals surface area contributed by atoms with Crippen LogP contribution in [-0.4, -0.2) is 96.7 Å². The number of allylic oxidation sites excluding steroid dienone is 16. The number of rotatable bonds is 70. The summed E-state index contributed by atoms with van der Waals surface area (Å²) >= 11 is 0. The summed E-state index contributed by atoms with van der Waals surface area (Å²) in [5.74, 6) is -2.26. The van der Waals surface area contributed by atoms with Gasteiger partial charge >= 0.3 is 39.5 Å². The quantitative estimate of drug-likeness (QED) is 0.0169. The Bertz CT molecular complexity index is 2200. The van der Waals surface area contributed by atoms with E-state index >= 15 is 0 Å². The van der Waals surface area contributed by atoms with Gasteiger partial charge in [-0.15, -0.1) is 0 Å². The third-order valence-electron chi connectivity index (χ3n) is 15.5. The number of aliphatic hydroxyl groups is 1. The van der Waals surface area contributed by atoms with Gasteiger partial charge in [-0.05, 0) is 116 Å². The molecule has 554 valence electrons. The maximum Gasteiger partial charge on any atom is 0.472 e. The number of hydrogen-bond acceptors (Lipinski definition) is 15. The number of phosphoric ester groups is 2. The Morgan fingerprint density at radius 1 is 0.302 bits per heavy atom. The van der Waals surface area contributed by atoms with E-state index in [1.54, 1.807) is 0 Å². The first-order valence-electron chi connectivity index (χ1n) is 37.5. The zero-order valence-corrected chi connectivity index (χ0v) is 62.1. The Labute approximate surface area is 582 Å². The summed E-state index contributed by atoms with van der Waals surface area (Å²) in [6.45, 7) is 4.61. The molecule has 0 heterocycles. The number of carbonyl (C=O) groups excluding carboxylic acids is 4. The van der Waals surface area contributed by atoms with Crippen molar-refractivity contribution in [2.24, 2.45) is 0 Å². The van der Waals surface area contributed by atoms with Crippen LogP contribution in [0.15, 0.2) is 97.2 Å². The van der Waals surface area contributed by atoms with Gasteiger partial charge in [0.2, 0.25) is 0 Å². The van der Waals surface area contributed by atoms with Crippen molar-refractivity contribution in [2.45, 2.75) is 329 Å². The third-order valence-corrected chi connectivity index (χ3v) is 17.4. The topological polar surface area (TPSA) is 237 Å². The Morgan fingerprint density at radius 3 is 0.938 bits per heavy atom. The van der Waals surface area contributed by atoms with Gasteiger partial charge < -0.3 is 33.8 Å². The summed E-state index contributed by atoms with van der Waals surface area (Å²) in [5, 5.41) is 10.6. The van der Waals surface area contributed by atoms with Gasteiger partial charge in [-0.3, -0.25) is 37.3 Å². The molecule has 3 N–H and O–H groups in total. The van der Waals surface area contributed by atoms with Gasteiger partial charge in [-0.2, -0.15) is 0 Å². The third kappa shape index (κ3) is 68.5. The van der Waals surface area contributed by atoms with Crippen LogP contribution in [0.5, 0.6) is 0 Å². The van der Waals surface area contributed by atoms with Crippen LogP contribution in [0.3, 0.4) is 0 Å². The van der Waals surface area contributed by atoms with Gasteiger partial charge in [-0.1, -0.05) is 266 Å². The molecular weight excluding hydrogens is 1260 g/mol. The summed E-state index contributed by atoms with van der Waals surface area (Å²) in [6.07, 6.45) is 71.3. The van der Waals surface area contributed by atoms with Crippen molar-refractivity contribution in [3.63, 3.8) is 0 Å². The van der Waals surface area contributed by atoms with Crippen LogP contribution < -0.4 is 0 Å². The maximum absolute atomic E-state index is 13.1. The lowest BCUT2D eigenvalue weighted by Gasteiger charge is -2.21. The van der Waals surface area contributed by atoms with E-state index in [4.69, 9.17) is 37.0 Å². The molecule has 0 bridgehead atoms. The highest BCUT2D eigenvalue weighted by molar-refractivity contribution is 7.47. The van der Waals surface area contributed by atoms with E-state index in [2.05, 4.69) is 113 Å². The minimum atomic E-state index is -4.98. The van der Waals surface area contributed by atoms with Crippen molar-refractivity contribution in [1.29, 1.82) is 0 Å². The molecule has 0 spiro atoms. The summed E-state index contributed by atoms with van der Waals surface area (Å²) in [4.78, 5) is 72.7. The van der Waals surface area contributed by atoms with E-state index in [-0.39, 0.29) is 25.7 Å².